The van der Waals surface area contributed by atoms with E-state index in [1.54, 1.807) is 29.2 Å². The third kappa shape index (κ3) is 4.67. The number of nitrogens with zero attached hydrogens (tertiary/aromatic N) is 1. The van der Waals surface area contributed by atoms with Crippen LogP contribution in [-0.4, -0.2) is 62.4 Å². The van der Waals surface area contributed by atoms with Crippen LogP contribution in [0, 0.1) is 5.92 Å². The van der Waals surface area contributed by atoms with Gasteiger partial charge in [-0.3, -0.25) is 9.59 Å². The Labute approximate surface area is 157 Å². The number of likely N-dealkylation sites (tertiary alicyclic amines) is 1. The van der Waals surface area contributed by atoms with Gasteiger partial charge in [-0.2, -0.15) is 0 Å². The number of benzene rings is 1. The third-order valence-corrected chi connectivity index (χ3v) is 6.63. The zero-order valence-electron chi connectivity index (χ0n) is 14.2. The molecule has 2 saturated heterocycles. The van der Waals surface area contributed by atoms with Crippen LogP contribution >= 0.6 is 11.6 Å². The first-order chi connectivity index (χ1) is 12.3. The van der Waals surface area contributed by atoms with Crippen LogP contribution in [0.25, 0.3) is 0 Å². The molecular weight excluding hydrogens is 380 g/mol. The molecule has 2 aliphatic rings. The minimum Gasteiger partial charge on any atom is -0.492 e. The fraction of sp³-hybridized carbons (Fsp3) is 0.529. The van der Waals surface area contributed by atoms with Gasteiger partial charge in [0.15, 0.2) is 9.84 Å². The van der Waals surface area contributed by atoms with E-state index in [-0.39, 0.29) is 48.9 Å². The van der Waals surface area contributed by atoms with Crippen molar-refractivity contribution in [3.63, 3.8) is 0 Å². The van der Waals surface area contributed by atoms with Gasteiger partial charge in [0.25, 0.3) is 0 Å². The highest BCUT2D eigenvalue weighted by Crippen LogP contribution is 2.26. The van der Waals surface area contributed by atoms with Gasteiger partial charge < -0.3 is 15.0 Å². The van der Waals surface area contributed by atoms with E-state index in [0.29, 0.717) is 23.7 Å². The predicted octanol–water partition coefficient (Wildman–Crippen LogP) is 0.871. The summed E-state index contributed by atoms with van der Waals surface area (Å²) >= 11 is 5.87. The Morgan fingerprint density at radius 1 is 1.38 bits per heavy atom. The lowest BCUT2D eigenvalue weighted by Crippen LogP contribution is -2.39. The second-order valence-corrected chi connectivity index (χ2v) is 9.27. The highest BCUT2D eigenvalue weighted by Gasteiger charge is 2.41. The maximum Gasteiger partial charge on any atom is 0.225 e. The molecule has 0 aliphatic carbocycles. The average Bonchev–Trinajstić information content (AvgIpc) is 3.13. The fourth-order valence-corrected chi connectivity index (χ4v) is 5.24. The van der Waals surface area contributed by atoms with Crippen LogP contribution in [0.1, 0.15) is 12.8 Å². The van der Waals surface area contributed by atoms with E-state index in [2.05, 4.69) is 5.32 Å². The molecule has 2 heterocycles. The number of hydrogen-bond acceptors (Lipinski definition) is 5. The van der Waals surface area contributed by atoms with Crippen molar-refractivity contribution in [1.82, 2.24) is 10.2 Å². The molecule has 3 rings (SSSR count). The second-order valence-electron chi connectivity index (χ2n) is 6.60. The van der Waals surface area contributed by atoms with Crippen LogP contribution in [0.3, 0.4) is 0 Å². The standard InChI is InChI=1S/C17H21ClN2O5S/c18-13-2-1-3-15(9-13)25-6-5-19-17(22)12-8-16(21)20(10-12)14-4-7-26(23,24)11-14/h1-3,9,12,14H,4-8,10-11H2,(H,19,22)/t12-,14+/m1/s1. The molecule has 0 radical (unpaired) electrons. The molecule has 0 unspecified atom stereocenters. The molecule has 9 heteroatoms. The summed E-state index contributed by atoms with van der Waals surface area (Å²) in [4.78, 5) is 26.0. The number of halogens is 1. The van der Waals surface area contributed by atoms with Crippen LogP contribution in [0.2, 0.25) is 5.02 Å². The predicted molar refractivity (Wildman–Crippen MR) is 96.8 cm³/mol. The maximum absolute atomic E-state index is 12.3. The Balaban J connectivity index is 1.43. The van der Waals surface area contributed by atoms with Gasteiger partial charge in [-0.05, 0) is 24.6 Å². The number of sulfone groups is 1. The smallest absolute Gasteiger partial charge is 0.225 e. The van der Waals surface area contributed by atoms with Crippen molar-refractivity contribution >= 4 is 33.3 Å². The summed E-state index contributed by atoms with van der Waals surface area (Å²) in [6, 6.07) is 6.69. The molecule has 0 spiro atoms. The van der Waals surface area contributed by atoms with Crippen molar-refractivity contribution in [3.05, 3.63) is 29.3 Å². The number of carbonyl (C=O) groups is 2. The first kappa shape index (κ1) is 19.0. The van der Waals surface area contributed by atoms with E-state index in [4.69, 9.17) is 16.3 Å². The molecule has 2 atom stereocenters. The van der Waals surface area contributed by atoms with E-state index in [1.807, 2.05) is 0 Å². The van der Waals surface area contributed by atoms with Gasteiger partial charge >= 0.3 is 0 Å². The SMILES string of the molecule is O=C(NCCOc1cccc(Cl)c1)[C@@H]1CC(=O)N([C@H]2CCS(=O)(=O)C2)C1. The second kappa shape index (κ2) is 7.84. The van der Waals surface area contributed by atoms with E-state index in [9.17, 15) is 18.0 Å². The normalized spacial score (nSPS) is 24.7. The molecule has 1 aromatic rings. The maximum atomic E-state index is 12.3. The highest BCUT2D eigenvalue weighted by atomic mass is 35.5. The molecule has 2 amide bonds. The monoisotopic (exact) mass is 400 g/mol. The zero-order chi connectivity index (χ0) is 18.7. The van der Waals surface area contributed by atoms with Crippen LogP contribution < -0.4 is 10.1 Å². The Morgan fingerprint density at radius 3 is 2.88 bits per heavy atom. The first-order valence-corrected chi connectivity index (χ1v) is 10.7. The van der Waals surface area contributed by atoms with Crippen molar-refractivity contribution < 1.29 is 22.7 Å². The number of rotatable bonds is 6. The number of nitrogens with one attached hydrogen (secondary N) is 1. The van der Waals surface area contributed by atoms with Gasteiger partial charge in [0.1, 0.15) is 12.4 Å². The Kier molecular flexibility index (Phi) is 5.72. The number of amides is 2. The molecule has 0 aromatic heterocycles. The lowest BCUT2D eigenvalue weighted by Gasteiger charge is -2.22. The third-order valence-electron chi connectivity index (χ3n) is 4.64. The Morgan fingerprint density at radius 2 is 2.19 bits per heavy atom. The summed E-state index contributed by atoms with van der Waals surface area (Å²) in [6.07, 6.45) is 0.577. The molecule has 2 fully saturated rings. The molecular formula is C17H21ClN2O5S. The van der Waals surface area contributed by atoms with Crippen molar-refractivity contribution in [1.29, 1.82) is 0 Å². The van der Waals surface area contributed by atoms with Crippen molar-refractivity contribution in [2.24, 2.45) is 5.92 Å². The number of ether oxygens (including phenoxy) is 1. The van der Waals surface area contributed by atoms with Crippen LogP contribution in [-0.2, 0) is 19.4 Å². The minimum atomic E-state index is -3.06. The average molecular weight is 401 g/mol. The van der Waals surface area contributed by atoms with E-state index in [0.717, 1.165) is 0 Å². The van der Waals surface area contributed by atoms with Crippen LogP contribution in [0.5, 0.6) is 5.75 Å². The minimum absolute atomic E-state index is 0.000550. The lowest BCUT2D eigenvalue weighted by atomic mass is 10.1. The summed E-state index contributed by atoms with van der Waals surface area (Å²) in [5.41, 5.74) is 0. The summed E-state index contributed by atoms with van der Waals surface area (Å²) in [5.74, 6) is -0.0769. The van der Waals surface area contributed by atoms with Gasteiger partial charge in [-0.1, -0.05) is 17.7 Å². The molecule has 2 aliphatic heterocycles. The van der Waals surface area contributed by atoms with E-state index >= 15 is 0 Å². The van der Waals surface area contributed by atoms with Gasteiger partial charge in [-0.15, -0.1) is 0 Å². The lowest BCUT2D eigenvalue weighted by molar-refractivity contribution is -0.130. The molecule has 1 N–H and O–H groups in total. The Hall–Kier alpha value is -1.80. The van der Waals surface area contributed by atoms with Crippen LogP contribution in [0.4, 0.5) is 0 Å². The molecule has 142 valence electrons. The largest absolute Gasteiger partial charge is 0.492 e. The fourth-order valence-electron chi connectivity index (χ4n) is 3.33. The van der Waals surface area contributed by atoms with Crippen molar-refractivity contribution in [2.75, 3.05) is 31.2 Å². The quantitative estimate of drug-likeness (QED) is 0.715. The topological polar surface area (TPSA) is 92.8 Å². The van der Waals surface area contributed by atoms with Crippen molar-refractivity contribution in [2.45, 2.75) is 18.9 Å². The van der Waals surface area contributed by atoms with E-state index < -0.39 is 15.8 Å². The van der Waals surface area contributed by atoms with Gasteiger partial charge in [-0.25, -0.2) is 8.42 Å². The van der Waals surface area contributed by atoms with Gasteiger partial charge in [0, 0.05) is 24.0 Å². The molecule has 0 saturated carbocycles. The Bertz CT molecular complexity index is 798. The summed E-state index contributed by atoms with van der Waals surface area (Å²) < 4.78 is 28.7. The van der Waals surface area contributed by atoms with Crippen LogP contribution in [0.15, 0.2) is 24.3 Å². The molecule has 0 bridgehead atoms. The molecule has 7 nitrogen and oxygen atoms in total. The summed E-state index contributed by atoms with van der Waals surface area (Å²) in [5, 5.41) is 3.34. The highest BCUT2D eigenvalue weighted by molar-refractivity contribution is 7.91. The van der Waals surface area contributed by atoms with E-state index in [1.165, 1.54) is 0 Å². The number of carbonyl (C=O) groups excluding carboxylic acids is 2. The number of hydrogen-bond donors (Lipinski definition) is 1. The molecule has 26 heavy (non-hydrogen) atoms. The molecule has 1 aromatic carbocycles. The summed E-state index contributed by atoms with van der Waals surface area (Å²) in [7, 11) is -3.06. The van der Waals surface area contributed by atoms with Gasteiger partial charge in [0.2, 0.25) is 11.8 Å². The zero-order valence-corrected chi connectivity index (χ0v) is 15.8. The van der Waals surface area contributed by atoms with Crippen molar-refractivity contribution in [3.8, 4) is 5.75 Å². The van der Waals surface area contributed by atoms with Gasteiger partial charge in [0.05, 0.1) is 24.0 Å². The summed E-state index contributed by atoms with van der Waals surface area (Å²) in [6.45, 7) is 0.880. The first-order valence-electron chi connectivity index (χ1n) is 8.50.